The van der Waals surface area contributed by atoms with Gasteiger partial charge in [-0.05, 0) is 62.0 Å². The smallest absolute Gasteiger partial charge is 0.358 e. The van der Waals surface area contributed by atoms with E-state index in [0.717, 1.165) is 43.2 Å². The highest BCUT2D eigenvalue weighted by Crippen LogP contribution is 2.41. The molecule has 2 atom stereocenters. The summed E-state index contributed by atoms with van der Waals surface area (Å²) in [6.45, 7) is 1.35. The van der Waals surface area contributed by atoms with Crippen molar-refractivity contribution in [2.45, 2.75) is 38.7 Å². The summed E-state index contributed by atoms with van der Waals surface area (Å²) in [4.78, 5) is 11.6. The Morgan fingerprint density at radius 1 is 1.11 bits per heavy atom. The first kappa shape index (κ1) is 18.2. The standard InChI is InChI=1S/C20H28N4O3/c1-23-17(6-13-4-5-13)9-16(21-23)12-27-11-15-7-14(15)8-18-10-19(20(25)26-3)22-24(18)2/h9-10,13-15H,4-8,11-12H2,1-3H3. The monoisotopic (exact) mass is 372 g/mol. The predicted molar refractivity (Wildman–Crippen MR) is 99.1 cm³/mol. The maximum absolute atomic E-state index is 11.6. The van der Waals surface area contributed by atoms with Crippen molar-refractivity contribution in [3.05, 3.63) is 34.9 Å². The fourth-order valence-electron chi connectivity index (χ4n) is 3.70. The quantitative estimate of drug-likeness (QED) is 0.632. The van der Waals surface area contributed by atoms with E-state index >= 15 is 0 Å². The van der Waals surface area contributed by atoms with E-state index in [1.165, 1.54) is 25.6 Å². The van der Waals surface area contributed by atoms with Gasteiger partial charge >= 0.3 is 5.97 Å². The van der Waals surface area contributed by atoms with E-state index in [2.05, 4.69) is 16.3 Å². The molecule has 7 heteroatoms. The third-order valence-corrected chi connectivity index (χ3v) is 5.72. The van der Waals surface area contributed by atoms with Crippen molar-refractivity contribution in [2.75, 3.05) is 13.7 Å². The topological polar surface area (TPSA) is 71.2 Å². The van der Waals surface area contributed by atoms with Gasteiger partial charge in [0.25, 0.3) is 0 Å². The van der Waals surface area contributed by atoms with Gasteiger partial charge in [0.2, 0.25) is 0 Å². The molecular formula is C20H28N4O3. The summed E-state index contributed by atoms with van der Waals surface area (Å²) in [5, 5.41) is 8.80. The Morgan fingerprint density at radius 3 is 2.59 bits per heavy atom. The van der Waals surface area contributed by atoms with Gasteiger partial charge in [0.15, 0.2) is 5.69 Å². The summed E-state index contributed by atoms with van der Waals surface area (Å²) >= 11 is 0. The van der Waals surface area contributed by atoms with Crippen LogP contribution in [0.5, 0.6) is 0 Å². The van der Waals surface area contributed by atoms with Gasteiger partial charge in [0.05, 0.1) is 26.0 Å². The van der Waals surface area contributed by atoms with E-state index < -0.39 is 0 Å². The van der Waals surface area contributed by atoms with E-state index in [0.29, 0.717) is 24.1 Å². The van der Waals surface area contributed by atoms with Crippen molar-refractivity contribution in [1.82, 2.24) is 19.6 Å². The second kappa shape index (κ2) is 7.46. The summed E-state index contributed by atoms with van der Waals surface area (Å²) < 4.78 is 14.4. The van der Waals surface area contributed by atoms with Gasteiger partial charge in [-0.2, -0.15) is 10.2 Å². The number of aromatic nitrogens is 4. The molecule has 7 nitrogen and oxygen atoms in total. The van der Waals surface area contributed by atoms with Crippen LogP contribution in [0.25, 0.3) is 0 Å². The number of aryl methyl sites for hydroxylation is 2. The van der Waals surface area contributed by atoms with E-state index in [1.807, 2.05) is 24.8 Å². The summed E-state index contributed by atoms with van der Waals surface area (Å²) in [5.41, 5.74) is 3.79. The Balaban J connectivity index is 1.21. The van der Waals surface area contributed by atoms with Crippen molar-refractivity contribution in [1.29, 1.82) is 0 Å². The zero-order valence-corrected chi connectivity index (χ0v) is 16.4. The second-order valence-corrected chi connectivity index (χ2v) is 8.01. The average Bonchev–Trinajstić information content (AvgIpc) is 3.53. The molecule has 0 amide bonds. The number of carbonyl (C=O) groups excluding carboxylic acids is 1. The number of nitrogens with zero attached hydrogens (tertiary/aromatic N) is 4. The van der Waals surface area contributed by atoms with Crippen LogP contribution in [0.3, 0.4) is 0 Å². The van der Waals surface area contributed by atoms with Crippen LogP contribution >= 0.6 is 0 Å². The molecule has 0 bridgehead atoms. The molecule has 2 unspecified atom stereocenters. The minimum atomic E-state index is -0.385. The van der Waals surface area contributed by atoms with Gasteiger partial charge in [0, 0.05) is 25.5 Å². The molecular weight excluding hydrogens is 344 g/mol. The van der Waals surface area contributed by atoms with Crippen LogP contribution < -0.4 is 0 Å². The third kappa shape index (κ3) is 4.40. The number of methoxy groups -OCH3 is 1. The first-order chi connectivity index (χ1) is 13.0. The maximum atomic E-state index is 11.6. The van der Waals surface area contributed by atoms with E-state index in [4.69, 9.17) is 9.47 Å². The third-order valence-electron chi connectivity index (χ3n) is 5.72. The Kier molecular flexibility index (Phi) is 5.04. The maximum Gasteiger partial charge on any atom is 0.358 e. The van der Waals surface area contributed by atoms with Gasteiger partial charge in [-0.3, -0.25) is 9.36 Å². The second-order valence-electron chi connectivity index (χ2n) is 8.01. The van der Waals surface area contributed by atoms with E-state index in [9.17, 15) is 4.79 Å². The zero-order valence-electron chi connectivity index (χ0n) is 16.4. The van der Waals surface area contributed by atoms with Gasteiger partial charge < -0.3 is 9.47 Å². The molecule has 0 spiro atoms. The molecule has 2 aliphatic rings. The van der Waals surface area contributed by atoms with Crippen LogP contribution in [0.2, 0.25) is 0 Å². The Bertz CT molecular complexity index is 821. The number of ether oxygens (including phenoxy) is 2. The fourth-order valence-corrected chi connectivity index (χ4v) is 3.70. The average molecular weight is 372 g/mol. The zero-order chi connectivity index (χ0) is 19.0. The minimum absolute atomic E-state index is 0.376. The van der Waals surface area contributed by atoms with Crippen LogP contribution in [-0.4, -0.2) is 39.2 Å². The molecule has 0 radical (unpaired) electrons. The lowest BCUT2D eigenvalue weighted by molar-refractivity contribution is 0.0593. The highest BCUT2D eigenvalue weighted by atomic mass is 16.5. The van der Waals surface area contributed by atoms with Gasteiger partial charge in [-0.25, -0.2) is 4.79 Å². The van der Waals surface area contributed by atoms with Crippen molar-refractivity contribution >= 4 is 5.97 Å². The number of esters is 1. The summed E-state index contributed by atoms with van der Waals surface area (Å²) in [6.07, 6.45) is 5.94. The Morgan fingerprint density at radius 2 is 1.85 bits per heavy atom. The van der Waals surface area contributed by atoms with Crippen molar-refractivity contribution in [3.8, 4) is 0 Å². The molecule has 2 saturated carbocycles. The van der Waals surface area contributed by atoms with Crippen LogP contribution in [0.1, 0.15) is 46.8 Å². The number of hydrogen-bond donors (Lipinski definition) is 0. The molecule has 4 rings (SSSR count). The van der Waals surface area contributed by atoms with Crippen LogP contribution in [0, 0.1) is 17.8 Å². The molecule has 0 saturated heterocycles. The first-order valence-corrected chi connectivity index (χ1v) is 9.74. The van der Waals surface area contributed by atoms with E-state index in [-0.39, 0.29) is 5.97 Å². The van der Waals surface area contributed by atoms with Crippen molar-refractivity contribution in [3.63, 3.8) is 0 Å². The summed E-state index contributed by atoms with van der Waals surface area (Å²) in [7, 11) is 5.27. The largest absolute Gasteiger partial charge is 0.464 e. The van der Waals surface area contributed by atoms with Crippen LogP contribution in [0.4, 0.5) is 0 Å². The fraction of sp³-hybridized carbons (Fsp3) is 0.650. The highest BCUT2D eigenvalue weighted by molar-refractivity contribution is 5.87. The van der Waals surface area contributed by atoms with E-state index in [1.54, 1.807) is 4.68 Å². The van der Waals surface area contributed by atoms with Gasteiger partial charge in [-0.1, -0.05) is 0 Å². The summed E-state index contributed by atoms with van der Waals surface area (Å²) in [6, 6.07) is 4.02. The normalized spacial score (nSPS) is 21.4. The van der Waals surface area contributed by atoms with Gasteiger partial charge in [0.1, 0.15) is 0 Å². The highest BCUT2D eigenvalue weighted by Gasteiger charge is 2.37. The predicted octanol–water partition coefficient (Wildman–Crippen LogP) is 2.29. The molecule has 0 aliphatic heterocycles. The Labute approximate surface area is 159 Å². The lowest BCUT2D eigenvalue weighted by atomic mass is 10.2. The molecule has 27 heavy (non-hydrogen) atoms. The summed E-state index contributed by atoms with van der Waals surface area (Å²) in [5.74, 6) is 1.66. The molecule has 2 aliphatic carbocycles. The molecule has 2 fully saturated rings. The minimum Gasteiger partial charge on any atom is -0.464 e. The van der Waals surface area contributed by atoms with Crippen LogP contribution in [0.15, 0.2) is 12.1 Å². The number of rotatable bonds is 9. The molecule has 2 heterocycles. The van der Waals surface area contributed by atoms with Gasteiger partial charge in [-0.15, -0.1) is 0 Å². The van der Waals surface area contributed by atoms with Crippen LogP contribution in [-0.2, 0) is 43.0 Å². The van der Waals surface area contributed by atoms with Crippen molar-refractivity contribution in [2.24, 2.45) is 31.8 Å². The lowest BCUT2D eigenvalue weighted by Crippen LogP contribution is -2.04. The Hall–Kier alpha value is -2.15. The van der Waals surface area contributed by atoms with Crippen molar-refractivity contribution < 1.29 is 14.3 Å². The lowest BCUT2D eigenvalue weighted by Gasteiger charge is -2.03. The molecule has 146 valence electrons. The molecule has 0 aromatic carbocycles. The molecule has 2 aromatic rings. The first-order valence-electron chi connectivity index (χ1n) is 9.74. The molecule has 0 N–H and O–H groups in total. The SMILES string of the molecule is COC(=O)c1cc(CC2CC2COCc2cc(CC3CC3)n(C)n2)n(C)n1. The number of hydrogen-bond acceptors (Lipinski definition) is 5. The number of carbonyl (C=O) groups is 1. The molecule has 2 aromatic heterocycles.